The maximum Gasteiger partial charge on any atom is 0.325 e. The standard InChI is InChI=1S/C20H23FN10O9P2S2/c21-11-14-10(38-19(11)31-15-12(28-29-31)8(22)1-2-24-15)5-36-41(33,43)39-9-3-7(4-35-42(34,44)40-14)37-18(9)30-6-25-13-16(30)26-20(23)27-17(13)32/h1-2,6-7,9-11,14,18-19H,3-5H2,(H2,22,24)(H,33,43)(H,34,44)(H3,23,26,27,32)/t7-,9+,10?,11-,14+,18+,19+,41?,42?/m0/s1. The molecule has 24 heteroatoms. The minimum atomic E-state index is -4.13. The average Bonchev–Trinajstić information content (AvgIpc) is 3.72. The Bertz CT molecular complexity index is 1910. The number of alkyl halides is 1. The average molecular weight is 693 g/mol. The molecule has 3 aliphatic rings. The summed E-state index contributed by atoms with van der Waals surface area (Å²) in [6.07, 6.45) is -6.39. The van der Waals surface area contributed by atoms with Crippen LogP contribution in [0.4, 0.5) is 16.0 Å². The number of fused-ring (bicyclic) bond motifs is 5. The number of imidazole rings is 1. The van der Waals surface area contributed by atoms with Crippen LogP contribution < -0.4 is 17.0 Å². The number of H-pyrrole nitrogens is 1. The van der Waals surface area contributed by atoms with E-state index in [0.29, 0.717) is 0 Å². The number of nitrogens with zero attached hydrogens (tertiary/aromatic N) is 7. The molecule has 2 bridgehead atoms. The van der Waals surface area contributed by atoms with Gasteiger partial charge in [0.25, 0.3) is 5.56 Å². The fourth-order valence-electron chi connectivity index (χ4n) is 5.21. The van der Waals surface area contributed by atoms with E-state index in [2.05, 4.69) is 30.2 Å². The molecular weight excluding hydrogens is 669 g/mol. The molecule has 0 spiro atoms. The highest BCUT2D eigenvalue weighted by molar-refractivity contribution is 8.07. The van der Waals surface area contributed by atoms with Gasteiger partial charge in [0.05, 0.1) is 31.3 Å². The van der Waals surface area contributed by atoms with E-state index in [1.165, 1.54) is 23.2 Å². The van der Waals surface area contributed by atoms with Crippen LogP contribution in [-0.2, 0) is 51.2 Å². The second-order valence-corrected chi connectivity index (χ2v) is 15.6. The summed E-state index contributed by atoms with van der Waals surface area (Å²) in [6, 6.07) is 1.51. The number of hydrogen-bond acceptors (Lipinski definition) is 16. The number of nitrogens with one attached hydrogen (secondary N) is 1. The van der Waals surface area contributed by atoms with Crippen LogP contribution in [0.1, 0.15) is 18.9 Å². The Morgan fingerprint density at radius 2 is 1.80 bits per heavy atom. The molecule has 9 atom stereocenters. The van der Waals surface area contributed by atoms with Crippen molar-refractivity contribution >= 4 is 71.0 Å². The van der Waals surface area contributed by atoms with E-state index < -0.39 is 68.6 Å². The lowest BCUT2D eigenvalue weighted by molar-refractivity contribution is -0.0616. The first-order valence-electron chi connectivity index (χ1n) is 12.8. The molecule has 0 saturated carbocycles. The molecule has 3 unspecified atom stereocenters. The Kier molecular flexibility index (Phi) is 7.55. The normalized spacial score (nSPS) is 36.6. The van der Waals surface area contributed by atoms with Crippen molar-refractivity contribution in [2.24, 2.45) is 0 Å². The Morgan fingerprint density at radius 1 is 1.02 bits per heavy atom. The molecule has 0 aromatic carbocycles. The lowest BCUT2D eigenvalue weighted by atomic mass is 10.1. The van der Waals surface area contributed by atoms with Crippen LogP contribution in [0.15, 0.2) is 23.4 Å². The summed E-state index contributed by atoms with van der Waals surface area (Å²) < 4.78 is 53.0. The molecule has 7 rings (SSSR count). The van der Waals surface area contributed by atoms with Crippen LogP contribution in [0.3, 0.4) is 0 Å². The van der Waals surface area contributed by atoms with Crippen molar-refractivity contribution < 1.29 is 41.7 Å². The smallest absolute Gasteiger partial charge is 0.325 e. The number of hydrogen-bond donors (Lipinski definition) is 5. The van der Waals surface area contributed by atoms with E-state index in [0.717, 1.165) is 4.68 Å². The van der Waals surface area contributed by atoms with Crippen molar-refractivity contribution in [3.05, 3.63) is 28.9 Å². The van der Waals surface area contributed by atoms with Gasteiger partial charge in [-0.3, -0.25) is 18.9 Å². The van der Waals surface area contributed by atoms with Crippen molar-refractivity contribution in [2.75, 3.05) is 24.7 Å². The summed E-state index contributed by atoms with van der Waals surface area (Å²) in [5.74, 6) is -0.163. The first-order chi connectivity index (χ1) is 20.9. The molecule has 236 valence electrons. The number of pyridine rings is 1. The molecule has 19 nitrogen and oxygen atoms in total. The minimum absolute atomic E-state index is 0.0209. The monoisotopic (exact) mass is 692 g/mol. The Hall–Kier alpha value is -2.59. The number of aromatic nitrogens is 8. The minimum Gasteiger partial charge on any atom is -0.397 e. The Morgan fingerprint density at radius 3 is 2.61 bits per heavy atom. The largest absolute Gasteiger partial charge is 0.397 e. The Balaban J connectivity index is 1.19. The summed E-state index contributed by atoms with van der Waals surface area (Å²) in [5.41, 5.74) is 11.7. The second kappa shape index (κ2) is 11.0. The topological polar surface area (TPSA) is 255 Å². The first kappa shape index (κ1) is 30.1. The SMILES string of the molecule is Nc1nc2c(ncn2[C@@H]2O[C@@H]3COP(O)(=S)O[C@@H]4C(COP(O)(=S)O[C@@H]2C3)O[C@@H](n2nnc3c(N)ccnc32)[C@H]4F)c(=O)[nH]1. The van der Waals surface area contributed by atoms with Crippen LogP contribution in [0.25, 0.3) is 22.3 Å². The highest BCUT2D eigenvalue weighted by atomic mass is 32.5. The third-order valence-electron chi connectivity index (χ3n) is 7.12. The van der Waals surface area contributed by atoms with E-state index in [1.807, 2.05) is 0 Å². The molecule has 3 saturated heterocycles. The van der Waals surface area contributed by atoms with Gasteiger partial charge in [0.1, 0.15) is 18.3 Å². The molecule has 4 aromatic heterocycles. The van der Waals surface area contributed by atoms with Crippen LogP contribution in [-0.4, -0.2) is 93.1 Å². The van der Waals surface area contributed by atoms with E-state index >= 15 is 4.39 Å². The zero-order valence-corrected chi connectivity index (χ0v) is 25.4. The molecule has 4 aromatic rings. The van der Waals surface area contributed by atoms with Crippen molar-refractivity contribution in [1.82, 2.24) is 39.5 Å². The lowest BCUT2D eigenvalue weighted by Gasteiger charge is -2.27. The van der Waals surface area contributed by atoms with Gasteiger partial charge < -0.3 is 44.3 Å². The number of rotatable bonds is 2. The number of nitrogen functional groups attached to an aromatic ring is 2. The van der Waals surface area contributed by atoms with E-state index in [4.69, 9.17) is 62.6 Å². The number of halogens is 1. The first-order valence-corrected chi connectivity index (χ1v) is 18.0. The summed E-state index contributed by atoms with van der Waals surface area (Å²) in [6.45, 7) is -9.08. The molecule has 3 fully saturated rings. The molecule has 0 aliphatic carbocycles. The van der Waals surface area contributed by atoms with Crippen LogP contribution in [0.2, 0.25) is 0 Å². The molecule has 7 heterocycles. The molecule has 44 heavy (non-hydrogen) atoms. The number of ether oxygens (including phenoxy) is 2. The van der Waals surface area contributed by atoms with Crippen LogP contribution in [0.5, 0.6) is 0 Å². The lowest BCUT2D eigenvalue weighted by Crippen LogP contribution is -2.34. The zero-order chi connectivity index (χ0) is 31.0. The third-order valence-corrected chi connectivity index (χ3v) is 10.3. The van der Waals surface area contributed by atoms with E-state index in [9.17, 15) is 14.6 Å². The maximum absolute atomic E-state index is 16.0. The number of aromatic amines is 1. The van der Waals surface area contributed by atoms with Gasteiger partial charge in [0, 0.05) is 12.6 Å². The fraction of sp³-hybridized carbons (Fsp3) is 0.500. The van der Waals surface area contributed by atoms with Gasteiger partial charge in [-0.2, -0.15) is 9.67 Å². The molecule has 0 amide bonds. The molecule has 3 aliphatic heterocycles. The predicted octanol–water partition coefficient (Wildman–Crippen LogP) is -0.102. The quantitative estimate of drug-likeness (QED) is 0.172. The van der Waals surface area contributed by atoms with Crippen molar-refractivity contribution in [3.63, 3.8) is 0 Å². The summed E-state index contributed by atoms with van der Waals surface area (Å²) in [5, 5.41) is 7.88. The van der Waals surface area contributed by atoms with Gasteiger partial charge in [-0.15, -0.1) is 5.10 Å². The van der Waals surface area contributed by atoms with E-state index in [1.54, 1.807) is 0 Å². The summed E-state index contributed by atoms with van der Waals surface area (Å²) in [7, 11) is 0. The zero-order valence-electron chi connectivity index (χ0n) is 22.0. The highest BCUT2D eigenvalue weighted by Gasteiger charge is 2.52. The number of nitrogens with two attached hydrogens (primary N) is 2. The van der Waals surface area contributed by atoms with Gasteiger partial charge in [0.2, 0.25) is 5.95 Å². The van der Waals surface area contributed by atoms with Crippen molar-refractivity contribution in [2.45, 2.75) is 49.5 Å². The molecule has 0 radical (unpaired) electrons. The predicted molar refractivity (Wildman–Crippen MR) is 154 cm³/mol. The van der Waals surface area contributed by atoms with Crippen molar-refractivity contribution in [3.8, 4) is 0 Å². The van der Waals surface area contributed by atoms with Gasteiger partial charge in [-0.05, 0) is 29.7 Å². The van der Waals surface area contributed by atoms with Gasteiger partial charge in [-0.1, -0.05) is 5.21 Å². The second-order valence-electron chi connectivity index (χ2n) is 10.0. The van der Waals surface area contributed by atoms with Gasteiger partial charge in [-0.25, -0.2) is 14.4 Å². The fourth-order valence-corrected chi connectivity index (χ4v) is 8.11. The summed E-state index contributed by atoms with van der Waals surface area (Å²) in [4.78, 5) is 49.0. The van der Waals surface area contributed by atoms with Gasteiger partial charge >= 0.3 is 13.4 Å². The van der Waals surface area contributed by atoms with E-state index in [-0.39, 0.29) is 47.0 Å². The van der Waals surface area contributed by atoms with Crippen LogP contribution in [0, 0.1) is 0 Å². The highest BCUT2D eigenvalue weighted by Crippen LogP contribution is 2.54. The Labute approximate surface area is 255 Å². The molecular formula is C20H23FN10O9P2S2. The summed E-state index contributed by atoms with van der Waals surface area (Å²) >= 11 is 10.5. The van der Waals surface area contributed by atoms with Crippen molar-refractivity contribution in [1.29, 1.82) is 0 Å². The maximum atomic E-state index is 16.0. The number of anilines is 2. The molecule has 7 N–H and O–H groups in total. The van der Waals surface area contributed by atoms with Crippen LogP contribution >= 0.6 is 13.4 Å². The van der Waals surface area contributed by atoms with Gasteiger partial charge in [0.15, 0.2) is 41.0 Å². The third kappa shape index (κ3) is 5.44.